The van der Waals surface area contributed by atoms with Crippen molar-refractivity contribution in [1.82, 2.24) is 0 Å². The van der Waals surface area contributed by atoms with Crippen molar-refractivity contribution < 1.29 is 23.8 Å². The fourth-order valence-electron chi connectivity index (χ4n) is 2.02. The number of hydrogen-bond acceptors (Lipinski definition) is 5. The average molecular weight is 326 g/mol. The van der Waals surface area contributed by atoms with E-state index in [4.69, 9.17) is 14.2 Å². The number of methoxy groups -OCH3 is 2. The van der Waals surface area contributed by atoms with Gasteiger partial charge in [0, 0.05) is 23.3 Å². The first-order chi connectivity index (χ1) is 11.5. The van der Waals surface area contributed by atoms with Gasteiger partial charge in [-0.3, -0.25) is 4.79 Å². The zero-order valence-electron chi connectivity index (χ0n) is 13.7. The third-order valence-corrected chi connectivity index (χ3v) is 3.32. The van der Waals surface area contributed by atoms with Gasteiger partial charge in [-0.15, -0.1) is 0 Å². The maximum Gasteiger partial charge on any atom is 0.336 e. The van der Waals surface area contributed by atoms with Crippen LogP contribution in [0.15, 0.2) is 48.5 Å². The van der Waals surface area contributed by atoms with Crippen LogP contribution in [0, 0.1) is 0 Å². The summed E-state index contributed by atoms with van der Waals surface area (Å²) in [6.07, 6.45) is 2.91. The topological polar surface area (TPSA) is 61.8 Å². The Kier molecular flexibility index (Phi) is 5.73. The third-order valence-electron chi connectivity index (χ3n) is 3.32. The van der Waals surface area contributed by atoms with E-state index >= 15 is 0 Å². The quantitative estimate of drug-likeness (QED) is 0.352. The molecule has 0 fully saturated rings. The van der Waals surface area contributed by atoms with Gasteiger partial charge in [-0.05, 0) is 49.4 Å². The molecule has 5 nitrogen and oxygen atoms in total. The van der Waals surface area contributed by atoms with Gasteiger partial charge in [0.2, 0.25) is 0 Å². The first-order valence-electron chi connectivity index (χ1n) is 7.26. The lowest BCUT2D eigenvalue weighted by atomic mass is 10.1. The highest BCUT2D eigenvalue weighted by Crippen LogP contribution is 2.25. The van der Waals surface area contributed by atoms with Crippen LogP contribution in [0.3, 0.4) is 0 Å². The highest BCUT2D eigenvalue weighted by Gasteiger charge is 2.05. The molecule has 0 atom stereocenters. The summed E-state index contributed by atoms with van der Waals surface area (Å²) < 4.78 is 15.6. The number of Topliss-reactive ketones (excluding diaryl/α,β-unsaturated/α-hetero) is 1. The zero-order valence-corrected chi connectivity index (χ0v) is 13.7. The Morgan fingerprint density at radius 3 is 2.17 bits per heavy atom. The number of carbonyl (C=O) groups is 2. The van der Waals surface area contributed by atoms with Crippen molar-refractivity contribution in [3.8, 4) is 17.2 Å². The Hall–Kier alpha value is -3.08. The van der Waals surface area contributed by atoms with Crippen molar-refractivity contribution >= 4 is 17.8 Å². The number of ether oxygens (including phenoxy) is 3. The fourth-order valence-corrected chi connectivity index (χ4v) is 2.02. The Balaban J connectivity index is 2.06. The first kappa shape index (κ1) is 17.3. The van der Waals surface area contributed by atoms with Crippen LogP contribution >= 0.6 is 0 Å². The molecule has 0 bridgehead atoms. The van der Waals surface area contributed by atoms with Gasteiger partial charge in [0.1, 0.15) is 17.2 Å². The molecule has 2 aromatic carbocycles. The SMILES string of the molecule is COc1ccc(/C=C/C(=O)Oc2ccc(C(C)=O)cc2)c(OC)c1. The molecular weight excluding hydrogens is 308 g/mol. The molecule has 0 aliphatic carbocycles. The maximum absolute atomic E-state index is 11.9. The zero-order chi connectivity index (χ0) is 17.5. The Labute approximate surface area is 140 Å². The van der Waals surface area contributed by atoms with Crippen molar-refractivity contribution in [3.63, 3.8) is 0 Å². The number of benzene rings is 2. The van der Waals surface area contributed by atoms with E-state index in [9.17, 15) is 9.59 Å². The van der Waals surface area contributed by atoms with Crippen LogP contribution in [-0.2, 0) is 4.79 Å². The minimum atomic E-state index is -0.525. The average Bonchev–Trinajstić information content (AvgIpc) is 2.60. The predicted molar refractivity (Wildman–Crippen MR) is 90.7 cm³/mol. The first-order valence-corrected chi connectivity index (χ1v) is 7.26. The minimum Gasteiger partial charge on any atom is -0.497 e. The number of esters is 1. The highest BCUT2D eigenvalue weighted by molar-refractivity contribution is 5.94. The number of ketones is 1. The summed E-state index contributed by atoms with van der Waals surface area (Å²) >= 11 is 0. The van der Waals surface area contributed by atoms with Crippen molar-refractivity contribution in [2.24, 2.45) is 0 Å². The molecule has 2 aromatic rings. The monoisotopic (exact) mass is 326 g/mol. The molecule has 2 rings (SSSR count). The molecule has 0 aromatic heterocycles. The molecule has 0 saturated heterocycles. The van der Waals surface area contributed by atoms with Gasteiger partial charge >= 0.3 is 5.97 Å². The van der Waals surface area contributed by atoms with Crippen LogP contribution in [-0.4, -0.2) is 26.0 Å². The number of rotatable bonds is 6. The molecule has 0 amide bonds. The molecular formula is C19H18O5. The Bertz CT molecular complexity index is 760. The van der Waals surface area contributed by atoms with Crippen LogP contribution in [0.2, 0.25) is 0 Å². The molecule has 24 heavy (non-hydrogen) atoms. The Morgan fingerprint density at radius 2 is 1.58 bits per heavy atom. The smallest absolute Gasteiger partial charge is 0.336 e. The van der Waals surface area contributed by atoms with Crippen molar-refractivity contribution in [1.29, 1.82) is 0 Å². The molecule has 0 spiro atoms. The van der Waals surface area contributed by atoms with Gasteiger partial charge in [-0.25, -0.2) is 4.79 Å². The summed E-state index contributed by atoms with van der Waals surface area (Å²) in [4.78, 5) is 23.1. The van der Waals surface area contributed by atoms with Crippen LogP contribution in [0.1, 0.15) is 22.8 Å². The second kappa shape index (κ2) is 7.97. The van der Waals surface area contributed by atoms with Gasteiger partial charge in [-0.1, -0.05) is 0 Å². The van der Waals surface area contributed by atoms with Gasteiger partial charge in [0.25, 0.3) is 0 Å². The lowest BCUT2D eigenvalue weighted by molar-refractivity contribution is -0.128. The number of carbonyl (C=O) groups excluding carboxylic acids is 2. The number of hydrogen-bond donors (Lipinski definition) is 0. The van der Waals surface area contributed by atoms with E-state index in [1.165, 1.54) is 13.0 Å². The molecule has 0 aliphatic rings. The van der Waals surface area contributed by atoms with E-state index in [0.29, 0.717) is 22.8 Å². The molecule has 0 N–H and O–H groups in total. The van der Waals surface area contributed by atoms with Crippen molar-refractivity contribution in [3.05, 3.63) is 59.7 Å². The second-order valence-electron chi connectivity index (χ2n) is 4.94. The molecule has 5 heteroatoms. The summed E-state index contributed by atoms with van der Waals surface area (Å²) in [5.74, 6) is 1.06. The summed E-state index contributed by atoms with van der Waals surface area (Å²) in [7, 11) is 3.11. The van der Waals surface area contributed by atoms with Crippen LogP contribution in [0.5, 0.6) is 17.2 Å². The lowest BCUT2D eigenvalue weighted by Crippen LogP contribution is -2.04. The Morgan fingerprint density at radius 1 is 0.917 bits per heavy atom. The summed E-state index contributed by atoms with van der Waals surface area (Å²) in [5.41, 5.74) is 1.29. The van der Waals surface area contributed by atoms with E-state index < -0.39 is 5.97 Å². The summed E-state index contributed by atoms with van der Waals surface area (Å²) in [5, 5.41) is 0. The second-order valence-corrected chi connectivity index (χ2v) is 4.94. The van der Waals surface area contributed by atoms with Crippen LogP contribution in [0.25, 0.3) is 6.08 Å². The standard InChI is InChI=1S/C19H18O5/c1-13(20)14-4-8-16(9-5-14)24-19(21)11-7-15-6-10-17(22-2)12-18(15)23-3/h4-12H,1-3H3/b11-7+. The van der Waals surface area contributed by atoms with Crippen molar-refractivity contribution in [2.45, 2.75) is 6.92 Å². The molecule has 124 valence electrons. The highest BCUT2D eigenvalue weighted by atomic mass is 16.5. The van der Waals surface area contributed by atoms with Gasteiger partial charge in [0.15, 0.2) is 5.78 Å². The summed E-state index contributed by atoms with van der Waals surface area (Å²) in [6.45, 7) is 1.48. The normalized spacial score (nSPS) is 10.5. The maximum atomic E-state index is 11.9. The summed E-state index contributed by atoms with van der Waals surface area (Å²) in [6, 6.07) is 11.7. The van der Waals surface area contributed by atoms with E-state index in [-0.39, 0.29) is 5.78 Å². The van der Waals surface area contributed by atoms with E-state index in [0.717, 1.165) is 5.56 Å². The lowest BCUT2D eigenvalue weighted by Gasteiger charge is -2.07. The van der Waals surface area contributed by atoms with E-state index in [1.54, 1.807) is 62.8 Å². The van der Waals surface area contributed by atoms with E-state index in [1.807, 2.05) is 0 Å². The molecule has 0 radical (unpaired) electrons. The molecule has 0 aliphatic heterocycles. The predicted octanol–water partition coefficient (Wildman–Crippen LogP) is 3.53. The van der Waals surface area contributed by atoms with Crippen LogP contribution in [0.4, 0.5) is 0 Å². The van der Waals surface area contributed by atoms with Gasteiger partial charge < -0.3 is 14.2 Å². The molecule has 0 heterocycles. The van der Waals surface area contributed by atoms with Gasteiger partial charge in [-0.2, -0.15) is 0 Å². The molecule has 0 unspecified atom stereocenters. The fraction of sp³-hybridized carbons (Fsp3) is 0.158. The molecule has 0 saturated carbocycles. The van der Waals surface area contributed by atoms with E-state index in [2.05, 4.69) is 0 Å². The van der Waals surface area contributed by atoms with Crippen molar-refractivity contribution in [2.75, 3.05) is 14.2 Å². The minimum absolute atomic E-state index is 0.0422. The third kappa shape index (κ3) is 4.46. The van der Waals surface area contributed by atoms with Crippen LogP contribution < -0.4 is 14.2 Å². The largest absolute Gasteiger partial charge is 0.497 e. The van der Waals surface area contributed by atoms with Gasteiger partial charge in [0.05, 0.1) is 14.2 Å².